The van der Waals surface area contributed by atoms with Crippen molar-refractivity contribution < 1.29 is 18.8 Å². The Balaban J connectivity index is 1.65. The minimum absolute atomic E-state index is 0.163. The molecule has 2 saturated heterocycles. The molecule has 0 radical (unpaired) electrons. The van der Waals surface area contributed by atoms with Crippen LogP contribution in [-0.2, 0) is 14.0 Å². The van der Waals surface area contributed by atoms with Gasteiger partial charge in [-0.2, -0.15) is 0 Å². The van der Waals surface area contributed by atoms with Gasteiger partial charge in [0.1, 0.15) is 11.9 Å². The molecule has 2 heterocycles. The van der Waals surface area contributed by atoms with Crippen molar-refractivity contribution in [2.75, 3.05) is 13.2 Å². The maximum Gasteiger partial charge on any atom is 0.494 e. The molecule has 1 aromatic rings. The molecule has 0 spiro atoms. The second kappa shape index (κ2) is 5.87. The normalized spacial score (nSPS) is 26.9. The van der Waals surface area contributed by atoms with Crippen LogP contribution in [0.2, 0.25) is 0 Å². The van der Waals surface area contributed by atoms with Gasteiger partial charge in [0.15, 0.2) is 0 Å². The first kappa shape index (κ1) is 15.8. The molecule has 22 heavy (non-hydrogen) atoms. The highest BCUT2D eigenvalue weighted by atomic mass is 16.7. The van der Waals surface area contributed by atoms with E-state index in [2.05, 4.69) is 27.7 Å². The van der Waals surface area contributed by atoms with E-state index in [1.54, 1.807) is 0 Å². The molecule has 3 rings (SSSR count). The van der Waals surface area contributed by atoms with E-state index in [1.165, 1.54) is 0 Å². The van der Waals surface area contributed by atoms with Crippen molar-refractivity contribution in [1.82, 2.24) is 0 Å². The second-order valence-corrected chi connectivity index (χ2v) is 7.11. The van der Waals surface area contributed by atoms with E-state index < -0.39 is 0 Å². The monoisotopic (exact) mass is 304 g/mol. The number of hydrogen-bond acceptors (Lipinski definition) is 4. The van der Waals surface area contributed by atoms with Crippen LogP contribution in [0.4, 0.5) is 0 Å². The molecule has 0 saturated carbocycles. The van der Waals surface area contributed by atoms with Gasteiger partial charge in [-0.3, -0.25) is 0 Å². The molecule has 120 valence electrons. The van der Waals surface area contributed by atoms with Crippen molar-refractivity contribution in [1.29, 1.82) is 0 Å². The van der Waals surface area contributed by atoms with Crippen LogP contribution in [0.1, 0.15) is 40.5 Å². The molecule has 0 aliphatic carbocycles. The Kier molecular flexibility index (Phi) is 4.23. The molecule has 0 N–H and O–H groups in total. The Morgan fingerprint density at radius 1 is 1.05 bits per heavy atom. The minimum atomic E-state index is -0.322. The standard InChI is InChI=1S/C17H25BO4/c1-16(2)17(3,4)22-18(21-16)13-7-9-14(10-8-13)20-15-6-5-11-19-12-15/h7-10,15H,5-6,11-12H2,1-4H3. The Bertz CT molecular complexity index is 490. The molecule has 5 heteroatoms. The predicted molar refractivity (Wildman–Crippen MR) is 86.6 cm³/mol. The fraction of sp³-hybridized carbons (Fsp3) is 0.647. The van der Waals surface area contributed by atoms with E-state index in [0.29, 0.717) is 6.61 Å². The summed E-state index contributed by atoms with van der Waals surface area (Å²) in [4.78, 5) is 0. The molecule has 2 aliphatic rings. The summed E-state index contributed by atoms with van der Waals surface area (Å²) in [6.45, 7) is 9.78. The Morgan fingerprint density at radius 2 is 1.68 bits per heavy atom. The summed E-state index contributed by atoms with van der Waals surface area (Å²) in [5.74, 6) is 0.871. The van der Waals surface area contributed by atoms with Crippen molar-refractivity contribution >= 4 is 12.6 Å². The predicted octanol–water partition coefficient (Wildman–Crippen LogP) is 2.54. The summed E-state index contributed by atoms with van der Waals surface area (Å²) < 4.78 is 23.5. The Morgan fingerprint density at radius 3 is 2.23 bits per heavy atom. The zero-order valence-electron chi connectivity index (χ0n) is 13.9. The maximum atomic E-state index is 6.06. The topological polar surface area (TPSA) is 36.9 Å². The molecular weight excluding hydrogens is 279 g/mol. The third kappa shape index (κ3) is 3.17. The summed E-state index contributed by atoms with van der Waals surface area (Å²) in [6, 6.07) is 7.99. The Hall–Kier alpha value is -1.04. The minimum Gasteiger partial charge on any atom is -0.488 e. The number of ether oxygens (including phenoxy) is 2. The summed E-state index contributed by atoms with van der Waals surface area (Å²) in [5, 5.41) is 0. The summed E-state index contributed by atoms with van der Waals surface area (Å²) in [6.07, 6.45) is 2.28. The third-order valence-corrected chi connectivity index (χ3v) is 4.83. The van der Waals surface area contributed by atoms with Gasteiger partial charge in [-0.25, -0.2) is 0 Å². The molecule has 0 amide bonds. The first-order valence-corrected chi connectivity index (χ1v) is 8.07. The quantitative estimate of drug-likeness (QED) is 0.804. The largest absolute Gasteiger partial charge is 0.494 e. The Labute approximate surface area is 133 Å². The van der Waals surface area contributed by atoms with Crippen LogP contribution >= 0.6 is 0 Å². The van der Waals surface area contributed by atoms with Crippen LogP contribution in [-0.4, -0.2) is 37.6 Å². The van der Waals surface area contributed by atoms with Gasteiger partial charge < -0.3 is 18.8 Å². The van der Waals surface area contributed by atoms with Crippen LogP contribution in [0.15, 0.2) is 24.3 Å². The van der Waals surface area contributed by atoms with Crippen LogP contribution in [0.5, 0.6) is 5.75 Å². The molecule has 4 nitrogen and oxygen atoms in total. The maximum absolute atomic E-state index is 6.06. The van der Waals surface area contributed by atoms with E-state index in [-0.39, 0.29) is 24.4 Å². The summed E-state index contributed by atoms with van der Waals surface area (Å²) in [5.41, 5.74) is 0.393. The lowest BCUT2D eigenvalue weighted by molar-refractivity contribution is 0.00578. The van der Waals surface area contributed by atoms with Gasteiger partial charge >= 0.3 is 7.12 Å². The molecule has 0 bridgehead atoms. The fourth-order valence-electron chi connectivity index (χ4n) is 2.68. The second-order valence-electron chi connectivity index (χ2n) is 7.11. The molecule has 1 aromatic carbocycles. The highest BCUT2D eigenvalue weighted by Crippen LogP contribution is 2.36. The van der Waals surface area contributed by atoms with E-state index in [1.807, 2.05) is 24.3 Å². The van der Waals surface area contributed by atoms with Crippen molar-refractivity contribution in [3.05, 3.63) is 24.3 Å². The summed E-state index contributed by atoms with van der Waals surface area (Å²) in [7, 11) is -0.322. The van der Waals surface area contributed by atoms with Gasteiger partial charge in [0.25, 0.3) is 0 Å². The number of hydrogen-bond donors (Lipinski definition) is 0. The summed E-state index contributed by atoms with van der Waals surface area (Å²) >= 11 is 0. The fourth-order valence-corrected chi connectivity index (χ4v) is 2.68. The van der Waals surface area contributed by atoms with E-state index in [0.717, 1.165) is 30.7 Å². The van der Waals surface area contributed by atoms with Gasteiger partial charge in [-0.15, -0.1) is 0 Å². The van der Waals surface area contributed by atoms with Gasteiger partial charge in [0.05, 0.1) is 17.8 Å². The molecule has 2 aliphatic heterocycles. The van der Waals surface area contributed by atoms with Crippen molar-refractivity contribution in [2.24, 2.45) is 0 Å². The number of benzene rings is 1. The van der Waals surface area contributed by atoms with Gasteiger partial charge in [-0.05, 0) is 58.1 Å². The highest BCUT2D eigenvalue weighted by Gasteiger charge is 2.51. The zero-order valence-corrected chi connectivity index (χ0v) is 13.9. The lowest BCUT2D eigenvalue weighted by atomic mass is 9.79. The molecule has 1 unspecified atom stereocenters. The first-order valence-electron chi connectivity index (χ1n) is 8.07. The smallest absolute Gasteiger partial charge is 0.488 e. The van der Waals surface area contributed by atoms with Crippen LogP contribution in [0, 0.1) is 0 Å². The van der Waals surface area contributed by atoms with Crippen LogP contribution in [0.3, 0.4) is 0 Å². The van der Waals surface area contributed by atoms with Gasteiger partial charge in [0.2, 0.25) is 0 Å². The lowest BCUT2D eigenvalue weighted by Crippen LogP contribution is -2.41. The van der Waals surface area contributed by atoms with Gasteiger partial charge in [-0.1, -0.05) is 12.1 Å². The van der Waals surface area contributed by atoms with E-state index in [9.17, 15) is 0 Å². The average molecular weight is 304 g/mol. The van der Waals surface area contributed by atoms with E-state index in [4.69, 9.17) is 18.8 Å². The number of rotatable bonds is 3. The van der Waals surface area contributed by atoms with Crippen molar-refractivity contribution in [2.45, 2.75) is 57.8 Å². The third-order valence-electron chi connectivity index (χ3n) is 4.83. The SMILES string of the molecule is CC1(C)OB(c2ccc(OC3CCCOC3)cc2)OC1(C)C. The highest BCUT2D eigenvalue weighted by molar-refractivity contribution is 6.62. The molecule has 0 aromatic heterocycles. The van der Waals surface area contributed by atoms with E-state index >= 15 is 0 Å². The first-order chi connectivity index (χ1) is 10.4. The van der Waals surface area contributed by atoms with Crippen LogP contribution < -0.4 is 10.2 Å². The molecule has 1 atom stereocenters. The molecular formula is C17H25BO4. The van der Waals surface area contributed by atoms with Crippen molar-refractivity contribution in [3.8, 4) is 5.75 Å². The zero-order chi connectivity index (χ0) is 15.8. The lowest BCUT2D eigenvalue weighted by Gasteiger charge is -2.32. The van der Waals surface area contributed by atoms with Crippen LogP contribution in [0.25, 0.3) is 0 Å². The van der Waals surface area contributed by atoms with Crippen molar-refractivity contribution in [3.63, 3.8) is 0 Å². The molecule has 2 fully saturated rings. The van der Waals surface area contributed by atoms with Gasteiger partial charge in [0, 0.05) is 6.61 Å². The average Bonchev–Trinajstić information content (AvgIpc) is 2.69.